The van der Waals surface area contributed by atoms with Crippen LogP contribution in [0, 0.1) is 0 Å². The van der Waals surface area contributed by atoms with Gasteiger partial charge in [-0.15, -0.1) is 0 Å². The molecule has 4 heteroatoms. The molecule has 0 saturated heterocycles. The molecular weight excluding hydrogens is 192 g/mol. The predicted octanol–water partition coefficient (Wildman–Crippen LogP) is 2.32. The first-order valence-corrected chi connectivity index (χ1v) is 4.74. The van der Waals surface area contributed by atoms with Gasteiger partial charge in [-0.25, -0.2) is 0 Å². The molecule has 0 aliphatic carbocycles. The number of ether oxygens (including phenoxy) is 1. The molecule has 0 aliphatic rings. The zero-order valence-corrected chi connectivity index (χ0v) is 8.43. The molecule has 78 valence electrons. The Labute approximate surface area is 87.7 Å². The number of nitrogens with two attached hydrogens (primary N) is 1. The number of benzene rings is 1. The Morgan fingerprint density at radius 1 is 1.33 bits per heavy atom. The molecule has 2 aromatic rings. The predicted molar refractivity (Wildman–Crippen MR) is 57.5 cm³/mol. The number of oxazole rings is 1. The fourth-order valence-electron chi connectivity index (χ4n) is 1.31. The Morgan fingerprint density at radius 2 is 2.07 bits per heavy atom. The van der Waals surface area contributed by atoms with Crippen LogP contribution in [0.3, 0.4) is 0 Å². The molecule has 0 atom stereocenters. The summed E-state index contributed by atoms with van der Waals surface area (Å²) in [7, 11) is 0. The summed E-state index contributed by atoms with van der Waals surface area (Å²) in [5, 5.41) is 0. The van der Waals surface area contributed by atoms with Crippen molar-refractivity contribution in [3.8, 4) is 17.0 Å². The molecule has 0 bridgehead atoms. The average molecular weight is 204 g/mol. The van der Waals surface area contributed by atoms with Gasteiger partial charge in [0.05, 0.1) is 6.61 Å². The highest BCUT2D eigenvalue weighted by Gasteiger charge is 2.03. The lowest BCUT2D eigenvalue weighted by Gasteiger charge is -2.02. The summed E-state index contributed by atoms with van der Waals surface area (Å²) in [6.07, 6.45) is 1.53. The van der Waals surface area contributed by atoms with Crippen LogP contribution in [0.25, 0.3) is 11.3 Å². The maximum absolute atomic E-state index is 5.39. The Morgan fingerprint density at radius 3 is 2.60 bits per heavy atom. The summed E-state index contributed by atoms with van der Waals surface area (Å²) in [5.41, 5.74) is 7.08. The molecule has 1 aromatic carbocycles. The van der Waals surface area contributed by atoms with E-state index < -0.39 is 0 Å². The fourth-order valence-corrected chi connectivity index (χ4v) is 1.31. The number of rotatable bonds is 3. The van der Waals surface area contributed by atoms with E-state index in [1.165, 1.54) is 6.26 Å². The third kappa shape index (κ3) is 2.10. The van der Waals surface area contributed by atoms with Crippen LogP contribution in [0.2, 0.25) is 0 Å². The first-order chi connectivity index (χ1) is 7.29. The lowest BCUT2D eigenvalue weighted by atomic mass is 10.2. The van der Waals surface area contributed by atoms with Gasteiger partial charge in [-0.05, 0) is 31.2 Å². The Kier molecular flexibility index (Phi) is 2.58. The van der Waals surface area contributed by atoms with Gasteiger partial charge in [0.15, 0.2) is 0 Å². The lowest BCUT2D eigenvalue weighted by molar-refractivity contribution is 0.340. The standard InChI is InChI=1S/C11H12N2O2/c1-2-14-9-5-3-8(4-6-9)10-7-15-11(12)13-10/h3-7H,2H2,1H3,(H2,12,13). The summed E-state index contributed by atoms with van der Waals surface area (Å²) in [5.74, 6) is 0.845. The van der Waals surface area contributed by atoms with Crippen LogP contribution >= 0.6 is 0 Å². The lowest BCUT2D eigenvalue weighted by Crippen LogP contribution is -1.90. The summed E-state index contributed by atoms with van der Waals surface area (Å²) in [4.78, 5) is 4.03. The minimum absolute atomic E-state index is 0.180. The molecule has 0 spiro atoms. The topological polar surface area (TPSA) is 61.3 Å². The van der Waals surface area contributed by atoms with E-state index in [2.05, 4.69) is 4.98 Å². The summed E-state index contributed by atoms with van der Waals surface area (Å²) in [6, 6.07) is 7.80. The highest BCUT2D eigenvalue weighted by molar-refractivity contribution is 5.59. The second kappa shape index (κ2) is 4.04. The highest BCUT2D eigenvalue weighted by Crippen LogP contribution is 2.22. The first kappa shape index (κ1) is 9.58. The summed E-state index contributed by atoms with van der Waals surface area (Å²) in [6.45, 7) is 2.61. The molecule has 0 aliphatic heterocycles. The minimum atomic E-state index is 0.180. The van der Waals surface area contributed by atoms with Crippen LogP contribution in [0.1, 0.15) is 6.92 Å². The maximum Gasteiger partial charge on any atom is 0.292 e. The van der Waals surface area contributed by atoms with Gasteiger partial charge in [0.1, 0.15) is 17.7 Å². The van der Waals surface area contributed by atoms with Crippen molar-refractivity contribution < 1.29 is 9.15 Å². The zero-order valence-electron chi connectivity index (χ0n) is 8.43. The van der Waals surface area contributed by atoms with Crippen LogP contribution in [0.4, 0.5) is 6.01 Å². The van der Waals surface area contributed by atoms with E-state index in [-0.39, 0.29) is 6.01 Å². The van der Waals surface area contributed by atoms with Crippen molar-refractivity contribution in [3.05, 3.63) is 30.5 Å². The number of hydrogen-bond acceptors (Lipinski definition) is 4. The third-order valence-electron chi connectivity index (χ3n) is 1.98. The van der Waals surface area contributed by atoms with E-state index in [4.69, 9.17) is 14.9 Å². The molecule has 1 heterocycles. The van der Waals surface area contributed by atoms with Gasteiger partial charge in [0.2, 0.25) is 0 Å². The van der Waals surface area contributed by atoms with Gasteiger partial charge >= 0.3 is 0 Å². The van der Waals surface area contributed by atoms with Crippen molar-refractivity contribution in [2.24, 2.45) is 0 Å². The number of nitrogen functional groups attached to an aromatic ring is 1. The number of anilines is 1. The van der Waals surface area contributed by atoms with Crippen LogP contribution in [0.15, 0.2) is 34.9 Å². The van der Waals surface area contributed by atoms with Crippen LogP contribution in [-0.2, 0) is 0 Å². The van der Waals surface area contributed by atoms with Gasteiger partial charge in [-0.2, -0.15) is 4.98 Å². The SMILES string of the molecule is CCOc1ccc(-c2coc(N)n2)cc1. The molecule has 2 N–H and O–H groups in total. The monoisotopic (exact) mass is 204 g/mol. The highest BCUT2D eigenvalue weighted by atomic mass is 16.5. The molecule has 0 saturated carbocycles. The fraction of sp³-hybridized carbons (Fsp3) is 0.182. The van der Waals surface area contributed by atoms with E-state index in [1.807, 2.05) is 31.2 Å². The van der Waals surface area contributed by atoms with Crippen LogP contribution < -0.4 is 10.5 Å². The van der Waals surface area contributed by atoms with E-state index in [0.29, 0.717) is 6.61 Å². The number of hydrogen-bond donors (Lipinski definition) is 1. The van der Waals surface area contributed by atoms with Crippen molar-refractivity contribution in [3.63, 3.8) is 0 Å². The zero-order chi connectivity index (χ0) is 10.7. The quantitative estimate of drug-likeness (QED) is 0.833. The van der Waals surface area contributed by atoms with Gasteiger partial charge in [0, 0.05) is 5.56 Å². The number of nitrogens with zero attached hydrogens (tertiary/aromatic N) is 1. The van der Waals surface area contributed by atoms with Crippen LogP contribution in [0.5, 0.6) is 5.75 Å². The van der Waals surface area contributed by atoms with E-state index in [0.717, 1.165) is 17.0 Å². The molecule has 0 unspecified atom stereocenters. The molecule has 2 rings (SSSR count). The number of aromatic nitrogens is 1. The molecule has 4 nitrogen and oxygen atoms in total. The minimum Gasteiger partial charge on any atom is -0.494 e. The smallest absolute Gasteiger partial charge is 0.292 e. The summed E-state index contributed by atoms with van der Waals surface area (Å²) < 4.78 is 10.3. The van der Waals surface area contributed by atoms with E-state index in [9.17, 15) is 0 Å². The van der Waals surface area contributed by atoms with E-state index in [1.54, 1.807) is 0 Å². The molecular formula is C11H12N2O2. The van der Waals surface area contributed by atoms with Crippen LogP contribution in [-0.4, -0.2) is 11.6 Å². The van der Waals surface area contributed by atoms with Gasteiger partial charge in [0.25, 0.3) is 6.01 Å². The largest absolute Gasteiger partial charge is 0.494 e. The van der Waals surface area contributed by atoms with E-state index >= 15 is 0 Å². The van der Waals surface area contributed by atoms with Crippen molar-refractivity contribution in [1.29, 1.82) is 0 Å². The molecule has 0 fully saturated rings. The second-order valence-corrected chi connectivity index (χ2v) is 3.03. The molecule has 15 heavy (non-hydrogen) atoms. The Hall–Kier alpha value is -1.97. The van der Waals surface area contributed by atoms with Crippen molar-refractivity contribution >= 4 is 6.01 Å². The Balaban J connectivity index is 2.23. The normalized spacial score (nSPS) is 10.2. The average Bonchev–Trinajstić information content (AvgIpc) is 2.67. The molecule has 1 aromatic heterocycles. The first-order valence-electron chi connectivity index (χ1n) is 4.74. The van der Waals surface area contributed by atoms with Gasteiger partial charge < -0.3 is 14.9 Å². The molecule has 0 amide bonds. The van der Waals surface area contributed by atoms with Crippen molar-refractivity contribution in [2.45, 2.75) is 6.92 Å². The maximum atomic E-state index is 5.39. The van der Waals surface area contributed by atoms with Gasteiger partial charge in [-0.3, -0.25) is 0 Å². The summed E-state index contributed by atoms with van der Waals surface area (Å²) >= 11 is 0. The second-order valence-electron chi connectivity index (χ2n) is 3.03. The van der Waals surface area contributed by atoms with Crippen molar-refractivity contribution in [2.75, 3.05) is 12.3 Å². The Bertz CT molecular complexity index is 434. The third-order valence-corrected chi connectivity index (χ3v) is 1.98. The van der Waals surface area contributed by atoms with Gasteiger partial charge in [-0.1, -0.05) is 0 Å². The van der Waals surface area contributed by atoms with Crippen molar-refractivity contribution in [1.82, 2.24) is 4.98 Å². The molecule has 0 radical (unpaired) electrons.